The third-order valence-corrected chi connectivity index (χ3v) is 2.02. The monoisotopic (exact) mass is 146 g/mol. The maximum Gasteiger partial charge on any atom is 0.0716 e. The van der Waals surface area contributed by atoms with Gasteiger partial charge in [-0.2, -0.15) is 0 Å². The molecule has 0 spiro atoms. The molecule has 0 unspecified atom stereocenters. The van der Waals surface area contributed by atoms with Gasteiger partial charge in [0.2, 0.25) is 0 Å². The highest BCUT2D eigenvalue weighted by Gasteiger charge is 2.30. The maximum absolute atomic E-state index is 9.13. The second-order valence-electron chi connectivity index (χ2n) is 2.93. The second-order valence-corrected chi connectivity index (χ2v) is 2.93. The Morgan fingerprint density at radius 2 is 1.30 bits per heavy atom. The number of aliphatic hydroxyl groups is 2. The van der Waals surface area contributed by atoms with E-state index in [2.05, 4.69) is 0 Å². The van der Waals surface area contributed by atoms with Gasteiger partial charge in [0.25, 0.3) is 0 Å². The predicted molar refractivity (Wildman–Crippen MR) is 37.2 cm³/mol. The van der Waals surface area contributed by atoms with Gasteiger partial charge in [0.15, 0.2) is 0 Å². The number of hydrogen-bond acceptors (Lipinski definition) is 4. The summed E-state index contributed by atoms with van der Waals surface area (Å²) in [6.07, 6.45) is -0.366. The summed E-state index contributed by atoms with van der Waals surface area (Å²) < 4.78 is 0. The van der Waals surface area contributed by atoms with E-state index >= 15 is 0 Å². The van der Waals surface area contributed by atoms with Crippen LogP contribution in [0.4, 0.5) is 0 Å². The van der Waals surface area contributed by atoms with E-state index in [1.54, 1.807) is 0 Å². The van der Waals surface area contributed by atoms with Crippen LogP contribution < -0.4 is 11.5 Å². The van der Waals surface area contributed by atoms with Crippen molar-refractivity contribution in [2.75, 3.05) is 0 Å². The smallest absolute Gasteiger partial charge is 0.0716 e. The molecule has 1 aliphatic rings. The van der Waals surface area contributed by atoms with Crippen molar-refractivity contribution in [2.45, 2.75) is 37.1 Å². The van der Waals surface area contributed by atoms with E-state index in [9.17, 15) is 0 Å². The molecule has 0 radical (unpaired) electrons. The van der Waals surface area contributed by atoms with E-state index in [1.807, 2.05) is 0 Å². The van der Waals surface area contributed by atoms with Crippen LogP contribution in [0.2, 0.25) is 0 Å². The Balaban J connectivity index is 2.46. The zero-order chi connectivity index (χ0) is 7.72. The van der Waals surface area contributed by atoms with Crippen molar-refractivity contribution in [2.24, 2.45) is 11.5 Å². The third kappa shape index (κ3) is 1.46. The molecule has 0 aliphatic heterocycles. The van der Waals surface area contributed by atoms with Gasteiger partial charge in [-0.25, -0.2) is 0 Å². The van der Waals surface area contributed by atoms with E-state index in [0.717, 1.165) is 0 Å². The molecule has 60 valence electrons. The molecule has 4 atom stereocenters. The molecule has 0 heterocycles. The quantitative estimate of drug-likeness (QED) is 0.323. The summed E-state index contributed by atoms with van der Waals surface area (Å²) in [6, 6.07) is -0.531. The Kier molecular flexibility index (Phi) is 2.25. The van der Waals surface area contributed by atoms with Gasteiger partial charge in [0.05, 0.1) is 12.2 Å². The number of nitrogens with two attached hydrogens (primary N) is 2. The molecule has 1 aliphatic carbocycles. The maximum atomic E-state index is 9.13. The van der Waals surface area contributed by atoms with E-state index in [1.165, 1.54) is 0 Å². The molecule has 1 rings (SSSR count). The lowest BCUT2D eigenvalue weighted by molar-refractivity contribution is 0.0145. The Hall–Kier alpha value is -0.160. The number of aliphatic hydroxyl groups excluding tert-OH is 2. The fourth-order valence-electron chi connectivity index (χ4n) is 1.23. The summed E-state index contributed by atoms with van der Waals surface area (Å²) in [5.74, 6) is 0. The molecule has 0 aromatic heterocycles. The molecule has 0 aromatic rings. The summed E-state index contributed by atoms with van der Waals surface area (Å²) in [4.78, 5) is 0. The normalized spacial score (nSPS) is 49.2. The molecular weight excluding hydrogens is 132 g/mol. The highest BCUT2D eigenvalue weighted by molar-refractivity contribution is 4.89. The Morgan fingerprint density at radius 1 is 0.900 bits per heavy atom. The van der Waals surface area contributed by atoms with E-state index in [-0.39, 0.29) is 12.1 Å². The number of rotatable bonds is 0. The average Bonchev–Trinajstić information content (AvgIpc) is 1.84. The zero-order valence-corrected chi connectivity index (χ0v) is 5.77. The number of hydrogen-bond donors (Lipinski definition) is 4. The fourth-order valence-corrected chi connectivity index (χ4v) is 1.23. The standard InChI is InChI=1S/C6H14N2O2/c7-3-1-4(8)6(10)2-5(3)9/h3-6,9-10H,1-2,7-8H2/t3-,4-,5-,6-/m1/s1. The van der Waals surface area contributed by atoms with Crippen LogP contribution in [0, 0.1) is 0 Å². The highest BCUT2D eigenvalue weighted by Crippen LogP contribution is 2.16. The first-order valence-corrected chi connectivity index (χ1v) is 3.48. The average molecular weight is 146 g/mol. The molecule has 0 saturated heterocycles. The molecule has 1 fully saturated rings. The molecule has 6 N–H and O–H groups in total. The molecule has 1 saturated carbocycles. The SMILES string of the molecule is N[C@@H]1C[C@@H](N)[C@H](O)C[C@H]1O. The van der Waals surface area contributed by atoms with Crippen LogP contribution in [0.5, 0.6) is 0 Å². The summed E-state index contributed by atoms with van der Waals surface area (Å²) in [6.45, 7) is 0. The molecule has 4 nitrogen and oxygen atoms in total. The van der Waals surface area contributed by atoms with Crippen molar-refractivity contribution in [3.8, 4) is 0 Å². The van der Waals surface area contributed by atoms with Crippen molar-refractivity contribution in [3.05, 3.63) is 0 Å². The van der Waals surface area contributed by atoms with E-state index in [4.69, 9.17) is 21.7 Å². The van der Waals surface area contributed by atoms with Gasteiger partial charge in [0.1, 0.15) is 0 Å². The molecule has 10 heavy (non-hydrogen) atoms. The van der Waals surface area contributed by atoms with Gasteiger partial charge in [-0.15, -0.1) is 0 Å². The minimum absolute atomic E-state index is 0.265. The first-order valence-electron chi connectivity index (χ1n) is 3.48. The molecular formula is C6H14N2O2. The topological polar surface area (TPSA) is 92.5 Å². The third-order valence-electron chi connectivity index (χ3n) is 2.02. The van der Waals surface area contributed by atoms with Crippen molar-refractivity contribution in [1.82, 2.24) is 0 Å². The minimum Gasteiger partial charge on any atom is -0.391 e. The lowest BCUT2D eigenvalue weighted by Crippen LogP contribution is -2.52. The van der Waals surface area contributed by atoms with E-state index in [0.29, 0.717) is 12.8 Å². The molecule has 4 heteroatoms. The van der Waals surface area contributed by atoms with Gasteiger partial charge in [0, 0.05) is 18.5 Å². The zero-order valence-electron chi connectivity index (χ0n) is 5.77. The van der Waals surface area contributed by atoms with Crippen LogP contribution in [-0.4, -0.2) is 34.5 Å². The van der Waals surface area contributed by atoms with Gasteiger partial charge < -0.3 is 21.7 Å². The van der Waals surface area contributed by atoms with Crippen LogP contribution in [0.25, 0.3) is 0 Å². The summed E-state index contributed by atoms with van der Waals surface area (Å²) >= 11 is 0. The summed E-state index contributed by atoms with van der Waals surface area (Å²) in [5.41, 5.74) is 11.0. The molecule has 0 bridgehead atoms. The van der Waals surface area contributed by atoms with Crippen LogP contribution >= 0.6 is 0 Å². The minimum atomic E-state index is -0.588. The first-order chi connectivity index (χ1) is 4.61. The molecule has 0 aromatic carbocycles. The van der Waals surface area contributed by atoms with Crippen molar-refractivity contribution in [3.63, 3.8) is 0 Å². The van der Waals surface area contributed by atoms with Crippen molar-refractivity contribution in [1.29, 1.82) is 0 Å². The lowest BCUT2D eigenvalue weighted by Gasteiger charge is -2.32. The molecule has 0 amide bonds. The highest BCUT2D eigenvalue weighted by atomic mass is 16.3. The van der Waals surface area contributed by atoms with Gasteiger partial charge in [-0.05, 0) is 6.42 Å². The van der Waals surface area contributed by atoms with Crippen LogP contribution in [0.15, 0.2) is 0 Å². The van der Waals surface area contributed by atoms with Gasteiger partial charge in [-0.1, -0.05) is 0 Å². The Bertz CT molecular complexity index is 94.3. The fraction of sp³-hybridized carbons (Fsp3) is 1.00. The van der Waals surface area contributed by atoms with Crippen LogP contribution in [-0.2, 0) is 0 Å². The predicted octanol–water partition coefficient (Wildman–Crippen LogP) is -1.84. The van der Waals surface area contributed by atoms with Crippen LogP contribution in [0.3, 0.4) is 0 Å². The largest absolute Gasteiger partial charge is 0.391 e. The second kappa shape index (κ2) is 2.84. The Labute approximate surface area is 59.8 Å². The van der Waals surface area contributed by atoms with Gasteiger partial charge in [-0.3, -0.25) is 0 Å². The van der Waals surface area contributed by atoms with E-state index < -0.39 is 12.2 Å². The Morgan fingerprint density at radius 3 is 1.60 bits per heavy atom. The van der Waals surface area contributed by atoms with Crippen molar-refractivity contribution < 1.29 is 10.2 Å². The lowest BCUT2D eigenvalue weighted by atomic mass is 9.87. The summed E-state index contributed by atoms with van der Waals surface area (Å²) in [7, 11) is 0. The van der Waals surface area contributed by atoms with Crippen molar-refractivity contribution >= 4 is 0 Å². The van der Waals surface area contributed by atoms with Crippen LogP contribution in [0.1, 0.15) is 12.8 Å². The summed E-state index contributed by atoms with van der Waals surface area (Å²) in [5, 5.41) is 18.3. The first kappa shape index (κ1) is 7.94. The van der Waals surface area contributed by atoms with Gasteiger partial charge >= 0.3 is 0 Å².